The molecule has 2 saturated carbocycles. The van der Waals surface area contributed by atoms with Gasteiger partial charge in [-0.1, -0.05) is 70.0 Å². The Bertz CT molecular complexity index is 1730. The molecular weight excluding hydrogens is 645 g/mol. The fourth-order valence-corrected chi connectivity index (χ4v) is 7.47. The van der Waals surface area contributed by atoms with Crippen molar-refractivity contribution in [2.24, 2.45) is 11.8 Å². The van der Waals surface area contributed by atoms with E-state index in [1.54, 1.807) is 20.3 Å². The predicted octanol–water partition coefficient (Wildman–Crippen LogP) is 10.1. The first-order valence-electron chi connectivity index (χ1n) is 19.5. The van der Waals surface area contributed by atoms with Gasteiger partial charge in [0.2, 0.25) is 0 Å². The second-order valence-electron chi connectivity index (χ2n) is 14.0. The van der Waals surface area contributed by atoms with Crippen molar-refractivity contribution in [1.29, 1.82) is 0 Å². The number of ketones is 1. The average Bonchev–Trinajstić information content (AvgIpc) is 4.17. The number of Topliss-reactive ketones (excluding diaryl/α,β-unsaturated/α-hetero) is 1. The van der Waals surface area contributed by atoms with Crippen LogP contribution in [0.15, 0.2) is 72.8 Å². The van der Waals surface area contributed by atoms with Crippen LogP contribution < -0.4 is 9.47 Å². The van der Waals surface area contributed by atoms with E-state index in [0.29, 0.717) is 17.3 Å². The van der Waals surface area contributed by atoms with Gasteiger partial charge in [0.1, 0.15) is 17.8 Å². The number of piperidine rings is 2. The topological polar surface area (TPSA) is 59.1 Å². The normalized spacial score (nSPS) is 19.9. The van der Waals surface area contributed by atoms with Crippen molar-refractivity contribution in [3.8, 4) is 24.3 Å². The number of nitrogens with zero attached hydrogens (tertiary/aromatic N) is 2. The molecule has 4 aromatic carbocycles. The highest BCUT2D eigenvalue weighted by molar-refractivity contribution is 6.01. The molecular formula is C46H60N2O4. The predicted molar refractivity (Wildman–Crippen MR) is 217 cm³/mol. The zero-order valence-corrected chi connectivity index (χ0v) is 32.2. The Hall–Kier alpha value is -4.18. The number of carbonyl (C=O) groups is 2. The maximum absolute atomic E-state index is 13.3. The fraction of sp³-hybridized carbons (Fsp3) is 0.478. The molecule has 2 heterocycles. The molecule has 2 saturated heterocycles. The van der Waals surface area contributed by atoms with Crippen LogP contribution in [-0.4, -0.2) is 74.4 Å². The third-order valence-electron chi connectivity index (χ3n) is 10.7. The molecule has 8 rings (SSSR count). The van der Waals surface area contributed by atoms with Gasteiger partial charge in [-0.2, -0.15) is 0 Å². The minimum Gasteiger partial charge on any atom is -0.497 e. The summed E-state index contributed by atoms with van der Waals surface area (Å²) < 4.78 is 10.4. The molecule has 0 N–H and O–H groups in total. The smallest absolute Gasteiger partial charge is 0.167 e. The van der Waals surface area contributed by atoms with Crippen molar-refractivity contribution in [2.75, 3.05) is 40.4 Å². The highest BCUT2D eigenvalue weighted by Gasteiger charge is 2.39. The maximum atomic E-state index is 13.3. The number of terminal acetylenes is 1. The van der Waals surface area contributed by atoms with Crippen LogP contribution in [0.5, 0.6) is 11.5 Å². The number of hydrogen-bond acceptors (Lipinski definition) is 6. The Balaban J connectivity index is 0.000000187. The Morgan fingerprint density at radius 1 is 0.692 bits per heavy atom. The summed E-state index contributed by atoms with van der Waals surface area (Å²) in [5.74, 6) is 2.68. The second-order valence-corrected chi connectivity index (χ2v) is 14.0. The Kier molecular flexibility index (Phi) is 16.2. The van der Waals surface area contributed by atoms with E-state index in [1.807, 2.05) is 74.5 Å². The van der Waals surface area contributed by atoms with Crippen molar-refractivity contribution in [1.82, 2.24) is 9.80 Å². The molecule has 4 aromatic rings. The van der Waals surface area contributed by atoms with E-state index in [0.717, 1.165) is 76.4 Å². The Morgan fingerprint density at radius 2 is 1.21 bits per heavy atom. The van der Waals surface area contributed by atoms with E-state index in [-0.39, 0.29) is 5.92 Å². The van der Waals surface area contributed by atoms with Crippen molar-refractivity contribution in [2.45, 2.75) is 90.6 Å². The number of benzene rings is 4. The second kappa shape index (κ2) is 20.8. The number of ether oxygens (including phenoxy) is 2. The van der Waals surface area contributed by atoms with Crippen LogP contribution in [0.3, 0.4) is 0 Å². The molecule has 278 valence electrons. The largest absolute Gasteiger partial charge is 0.497 e. The number of rotatable bonds is 8. The molecule has 52 heavy (non-hydrogen) atoms. The lowest BCUT2D eigenvalue weighted by molar-refractivity contribution is 0.0671. The van der Waals surface area contributed by atoms with Crippen LogP contribution in [-0.2, 0) is 0 Å². The molecule has 6 heteroatoms. The Morgan fingerprint density at radius 3 is 1.75 bits per heavy atom. The van der Waals surface area contributed by atoms with Gasteiger partial charge in [-0.05, 0) is 128 Å². The number of fused-ring (bicyclic) bond motifs is 2. The standard InChI is InChI=1S/C22H27NO2.C12H10O2.C8H15N.C2H6.C2H2/c1-3-15-10-11-23(19-7-8-19)14-21(15)22(24)18-5-4-17-13-20(25-2)9-6-16(17)12-18;1-14-12-5-4-10-6-9(8-13)2-3-11(10)7-12;1-2-6-9(7-3-1)8-4-5-8;2*1-2/h4-6,9,12-13,15,19,21H,3,7-8,10-11,14H2,1-2H3;2-8H,1H3;8H,1-7H2;1-2H3;1-2H/t15-,21+;;;;/m1..../s1. The first kappa shape index (κ1) is 40.6. The number of aldehydes is 1. The molecule has 2 atom stereocenters. The van der Waals surface area contributed by atoms with Gasteiger partial charge in [-0.3, -0.25) is 14.5 Å². The number of hydrogen-bond donors (Lipinski definition) is 0. The van der Waals surface area contributed by atoms with Crippen LogP contribution in [0.4, 0.5) is 0 Å². The molecule has 6 nitrogen and oxygen atoms in total. The number of methoxy groups -OCH3 is 2. The zero-order valence-electron chi connectivity index (χ0n) is 32.2. The van der Waals surface area contributed by atoms with Crippen LogP contribution >= 0.6 is 0 Å². The molecule has 4 aliphatic rings. The van der Waals surface area contributed by atoms with E-state index in [1.165, 1.54) is 64.6 Å². The molecule has 0 amide bonds. The number of likely N-dealkylation sites (tertiary alicyclic amines) is 2. The van der Waals surface area contributed by atoms with Gasteiger partial charge in [0.05, 0.1) is 14.2 Å². The zero-order chi connectivity index (χ0) is 37.5. The molecule has 0 aromatic heterocycles. The monoisotopic (exact) mass is 704 g/mol. The quantitative estimate of drug-likeness (QED) is 0.103. The van der Waals surface area contributed by atoms with E-state index >= 15 is 0 Å². The minimum absolute atomic E-state index is 0.148. The summed E-state index contributed by atoms with van der Waals surface area (Å²) in [4.78, 5) is 29.0. The molecule has 0 bridgehead atoms. The van der Waals surface area contributed by atoms with Crippen LogP contribution in [0, 0.1) is 24.7 Å². The van der Waals surface area contributed by atoms with Crippen LogP contribution in [0.2, 0.25) is 0 Å². The summed E-state index contributed by atoms with van der Waals surface area (Å²) in [6, 6.07) is 25.2. The van der Waals surface area contributed by atoms with E-state index in [9.17, 15) is 9.59 Å². The van der Waals surface area contributed by atoms with Crippen molar-refractivity contribution in [3.05, 3.63) is 83.9 Å². The molecule has 0 spiro atoms. The molecule has 0 radical (unpaired) electrons. The first-order chi connectivity index (χ1) is 25.5. The number of carbonyl (C=O) groups excluding carboxylic acids is 2. The van der Waals surface area contributed by atoms with E-state index in [4.69, 9.17) is 9.47 Å². The lowest BCUT2D eigenvalue weighted by atomic mass is 9.79. The third kappa shape index (κ3) is 11.2. The lowest BCUT2D eigenvalue weighted by Gasteiger charge is -2.37. The first-order valence-corrected chi connectivity index (χ1v) is 19.5. The Labute approximate surface area is 312 Å². The minimum atomic E-state index is 0.148. The van der Waals surface area contributed by atoms with Gasteiger partial charge in [0.25, 0.3) is 0 Å². The van der Waals surface area contributed by atoms with Gasteiger partial charge in [0.15, 0.2) is 5.78 Å². The summed E-state index contributed by atoms with van der Waals surface area (Å²) in [6.07, 6.45) is 21.1. The highest BCUT2D eigenvalue weighted by atomic mass is 16.5. The molecule has 4 fully saturated rings. The SMILES string of the molecule is C#C.C1CCN(C2CC2)CC1.CC.CC[C@@H]1CCN(C2CC2)C[C@@H]1C(=O)c1ccc2cc(OC)ccc2c1.COc1ccc2cc(C=O)ccc2c1. The van der Waals surface area contributed by atoms with Gasteiger partial charge in [-0.15, -0.1) is 12.8 Å². The maximum Gasteiger partial charge on any atom is 0.167 e. The van der Waals surface area contributed by atoms with Gasteiger partial charge in [-0.25, -0.2) is 0 Å². The average molecular weight is 705 g/mol. The third-order valence-corrected chi connectivity index (χ3v) is 10.7. The fourth-order valence-electron chi connectivity index (χ4n) is 7.47. The molecule has 2 aliphatic heterocycles. The van der Waals surface area contributed by atoms with Gasteiger partial charge < -0.3 is 14.4 Å². The summed E-state index contributed by atoms with van der Waals surface area (Å²) in [7, 11) is 3.32. The van der Waals surface area contributed by atoms with Crippen LogP contribution in [0.1, 0.15) is 99.3 Å². The van der Waals surface area contributed by atoms with Crippen LogP contribution in [0.25, 0.3) is 21.5 Å². The molecule has 2 aliphatic carbocycles. The van der Waals surface area contributed by atoms with Crippen molar-refractivity contribution in [3.63, 3.8) is 0 Å². The summed E-state index contributed by atoms with van der Waals surface area (Å²) >= 11 is 0. The summed E-state index contributed by atoms with van der Waals surface area (Å²) in [5, 5.41) is 4.35. The van der Waals surface area contributed by atoms with Crippen molar-refractivity contribution < 1.29 is 19.1 Å². The van der Waals surface area contributed by atoms with E-state index in [2.05, 4.69) is 35.6 Å². The van der Waals surface area contributed by atoms with Crippen molar-refractivity contribution >= 4 is 33.6 Å². The van der Waals surface area contributed by atoms with E-state index < -0.39 is 0 Å². The highest BCUT2D eigenvalue weighted by Crippen LogP contribution is 2.36. The van der Waals surface area contributed by atoms with Gasteiger partial charge in [0, 0.05) is 35.7 Å². The molecule has 0 unspecified atom stereocenters. The lowest BCUT2D eigenvalue weighted by Crippen LogP contribution is -2.44. The van der Waals surface area contributed by atoms with Gasteiger partial charge >= 0.3 is 0 Å². The summed E-state index contributed by atoms with van der Waals surface area (Å²) in [5.41, 5.74) is 1.56. The summed E-state index contributed by atoms with van der Waals surface area (Å²) in [6.45, 7) is 11.1.